The number of nitrogens with zero attached hydrogens (tertiary/aromatic N) is 2. The van der Waals surface area contributed by atoms with Gasteiger partial charge in [0.15, 0.2) is 0 Å². The van der Waals surface area contributed by atoms with E-state index < -0.39 is 0 Å². The number of hydrogen-bond donors (Lipinski definition) is 2. The monoisotopic (exact) mass is 328 g/mol. The van der Waals surface area contributed by atoms with Crippen LogP contribution in [0.2, 0.25) is 0 Å². The number of benzene rings is 1. The summed E-state index contributed by atoms with van der Waals surface area (Å²) < 4.78 is 5.13. The fourth-order valence-corrected chi connectivity index (χ4v) is 2.08. The fourth-order valence-electron chi connectivity index (χ4n) is 2.08. The van der Waals surface area contributed by atoms with Crippen LogP contribution in [0.25, 0.3) is 0 Å². The lowest BCUT2D eigenvalue weighted by Gasteiger charge is -2.11. The molecule has 0 aliphatic heterocycles. The molecule has 0 fully saturated rings. The predicted octanol–water partition coefficient (Wildman–Crippen LogP) is 2.67. The molecular weight excluding hydrogens is 304 g/mol. The normalized spacial score (nSPS) is 11.6. The molecule has 1 heterocycles. The quantitative estimate of drug-likeness (QED) is 0.779. The Morgan fingerprint density at radius 1 is 1.25 bits per heavy atom. The van der Waals surface area contributed by atoms with Crippen LogP contribution >= 0.6 is 0 Å². The third-order valence-electron chi connectivity index (χ3n) is 3.73. The van der Waals surface area contributed by atoms with Gasteiger partial charge in [0.1, 0.15) is 11.4 Å². The summed E-state index contributed by atoms with van der Waals surface area (Å²) >= 11 is 0. The first kappa shape index (κ1) is 17.7. The SMILES string of the molecule is CCC(C)Nc1nccc(C(=O)NCCc2ccc(OC)cc2)n1. The van der Waals surface area contributed by atoms with E-state index in [2.05, 4.69) is 27.5 Å². The van der Waals surface area contributed by atoms with E-state index in [1.54, 1.807) is 19.4 Å². The first-order valence-electron chi connectivity index (χ1n) is 8.13. The minimum Gasteiger partial charge on any atom is -0.497 e. The topological polar surface area (TPSA) is 76.1 Å². The van der Waals surface area contributed by atoms with Gasteiger partial charge in [0.25, 0.3) is 5.91 Å². The molecule has 24 heavy (non-hydrogen) atoms. The van der Waals surface area contributed by atoms with Crippen molar-refractivity contribution in [3.63, 3.8) is 0 Å². The standard InChI is InChI=1S/C18H24N4O2/c1-4-13(2)21-18-20-12-10-16(22-18)17(23)19-11-9-14-5-7-15(24-3)8-6-14/h5-8,10,12-13H,4,9,11H2,1-3H3,(H,19,23)(H,20,21,22). The Hall–Kier alpha value is -2.63. The number of amides is 1. The average molecular weight is 328 g/mol. The van der Waals surface area contributed by atoms with Crippen LogP contribution in [0.15, 0.2) is 36.5 Å². The molecule has 0 saturated carbocycles. The van der Waals surface area contributed by atoms with E-state index in [0.717, 1.165) is 24.2 Å². The number of aromatic nitrogens is 2. The lowest BCUT2D eigenvalue weighted by Crippen LogP contribution is -2.27. The predicted molar refractivity (Wildman–Crippen MR) is 94.4 cm³/mol. The molecule has 6 nitrogen and oxygen atoms in total. The maximum Gasteiger partial charge on any atom is 0.270 e. The molecule has 1 aromatic heterocycles. The number of carbonyl (C=O) groups is 1. The first-order chi connectivity index (χ1) is 11.6. The van der Waals surface area contributed by atoms with Crippen molar-refractivity contribution in [3.8, 4) is 5.75 Å². The summed E-state index contributed by atoms with van der Waals surface area (Å²) in [6.07, 6.45) is 3.30. The van der Waals surface area contributed by atoms with Gasteiger partial charge in [-0.2, -0.15) is 0 Å². The molecule has 0 bridgehead atoms. The molecule has 1 unspecified atom stereocenters. The van der Waals surface area contributed by atoms with Crippen LogP contribution in [-0.2, 0) is 6.42 Å². The van der Waals surface area contributed by atoms with E-state index in [0.29, 0.717) is 18.2 Å². The number of carbonyl (C=O) groups excluding carboxylic acids is 1. The number of anilines is 1. The Morgan fingerprint density at radius 2 is 2.00 bits per heavy atom. The van der Waals surface area contributed by atoms with Crippen LogP contribution in [0.4, 0.5) is 5.95 Å². The van der Waals surface area contributed by atoms with Crippen molar-refractivity contribution in [2.45, 2.75) is 32.7 Å². The molecule has 0 radical (unpaired) electrons. The molecule has 1 aromatic carbocycles. The molecule has 1 atom stereocenters. The molecule has 128 valence electrons. The summed E-state index contributed by atoms with van der Waals surface area (Å²) in [5.41, 5.74) is 1.50. The second kappa shape index (κ2) is 8.86. The zero-order valence-corrected chi connectivity index (χ0v) is 14.4. The highest BCUT2D eigenvalue weighted by Crippen LogP contribution is 2.11. The molecule has 0 spiro atoms. The highest BCUT2D eigenvalue weighted by molar-refractivity contribution is 5.92. The van der Waals surface area contributed by atoms with Gasteiger partial charge in [0.2, 0.25) is 5.95 Å². The van der Waals surface area contributed by atoms with Gasteiger partial charge in [-0.3, -0.25) is 4.79 Å². The highest BCUT2D eigenvalue weighted by Gasteiger charge is 2.09. The van der Waals surface area contributed by atoms with Crippen LogP contribution in [0.1, 0.15) is 36.3 Å². The summed E-state index contributed by atoms with van der Waals surface area (Å²) in [7, 11) is 1.64. The van der Waals surface area contributed by atoms with Crippen LogP contribution in [0, 0.1) is 0 Å². The van der Waals surface area contributed by atoms with Crippen molar-refractivity contribution in [1.29, 1.82) is 0 Å². The summed E-state index contributed by atoms with van der Waals surface area (Å²) in [5.74, 6) is 1.11. The van der Waals surface area contributed by atoms with Crippen LogP contribution in [0.5, 0.6) is 5.75 Å². The molecule has 6 heteroatoms. The van der Waals surface area contributed by atoms with E-state index in [1.165, 1.54) is 0 Å². The number of ether oxygens (including phenoxy) is 1. The van der Waals surface area contributed by atoms with Gasteiger partial charge >= 0.3 is 0 Å². The van der Waals surface area contributed by atoms with Gasteiger partial charge in [-0.05, 0) is 43.5 Å². The van der Waals surface area contributed by atoms with Crippen molar-refractivity contribution < 1.29 is 9.53 Å². The van der Waals surface area contributed by atoms with E-state index in [9.17, 15) is 4.79 Å². The second-order valence-electron chi connectivity index (χ2n) is 5.57. The maximum absolute atomic E-state index is 12.2. The smallest absolute Gasteiger partial charge is 0.270 e. The number of methoxy groups -OCH3 is 1. The van der Waals surface area contributed by atoms with E-state index in [-0.39, 0.29) is 11.9 Å². The zero-order chi connectivity index (χ0) is 17.4. The highest BCUT2D eigenvalue weighted by atomic mass is 16.5. The van der Waals surface area contributed by atoms with Gasteiger partial charge in [-0.15, -0.1) is 0 Å². The van der Waals surface area contributed by atoms with Crippen molar-refractivity contribution in [3.05, 3.63) is 47.8 Å². The third-order valence-corrected chi connectivity index (χ3v) is 3.73. The second-order valence-corrected chi connectivity index (χ2v) is 5.57. The lowest BCUT2D eigenvalue weighted by atomic mass is 10.1. The van der Waals surface area contributed by atoms with Crippen LogP contribution < -0.4 is 15.4 Å². The van der Waals surface area contributed by atoms with Gasteiger partial charge in [0.05, 0.1) is 7.11 Å². The molecular formula is C18H24N4O2. The third kappa shape index (κ3) is 5.22. The number of nitrogens with one attached hydrogen (secondary N) is 2. The Kier molecular flexibility index (Phi) is 6.54. The van der Waals surface area contributed by atoms with Gasteiger partial charge in [0, 0.05) is 18.8 Å². The first-order valence-corrected chi connectivity index (χ1v) is 8.13. The Bertz CT molecular complexity index is 658. The Labute approximate surface area is 142 Å². The number of rotatable bonds is 8. The zero-order valence-electron chi connectivity index (χ0n) is 14.4. The summed E-state index contributed by atoms with van der Waals surface area (Å²) in [5, 5.41) is 6.05. The molecule has 0 aliphatic carbocycles. The van der Waals surface area contributed by atoms with E-state index in [1.807, 2.05) is 31.2 Å². The van der Waals surface area contributed by atoms with Crippen molar-refractivity contribution in [1.82, 2.24) is 15.3 Å². The van der Waals surface area contributed by atoms with Gasteiger partial charge in [-0.25, -0.2) is 9.97 Å². The molecule has 0 saturated heterocycles. The minimum atomic E-state index is -0.196. The van der Waals surface area contributed by atoms with Crippen LogP contribution in [0.3, 0.4) is 0 Å². The molecule has 2 aromatic rings. The minimum absolute atomic E-state index is 0.196. The Balaban J connectivity index is 1.86. The van der Waals surface area contributed by atoms with Crippen molar-refractivity contribution in [2.24, 2.45) is 0 Å². The molecule has 0 aliphatic rings. The summed E-state index contributed by atoms with van der Waals surface area (Å²) in [6.45, 7) is 4.67. The fraction of sp³-hybridized carbons (Fsp3) is 0.389. The average Bonchev–Trinajstić information content (AvgIpc) is 2.62. The van der Waals surface area contributed by atoms with Gasteiger partial charge in [-0.1, -0.05) is 19.1 Å². The van der Waals surface area contributed by atoms with Crippen LogP contribution in [-0.4, -0.2) is 35.6 Å². The number of hydrogen-bond acceptors (Lipinski definition) is 5. The summed E-state index contributed by atoms with van der Waals surface area (Å²) in [4.78, 5) is 20.6. The lowest BCUT2D eigenvalue weighted by molar-refractivity contribution is 0.0949. The van der Waals surface area contributed by atoms with E-state index in [4.69, 9.17) is 4.74 Å². The van der Waals surface area contributed by atoms with E-state index >= 15 is 0 Å². The molecule has 1 amide bonds. The summed E-state index contributed by atoms with van der Waals surface area (Å²) in [6, 6.07) is 9.68. The Morgan fingerprint density at radius 3 is 2.67 bits per heavy atom. The largest absolute Gasteiger partial charge is 0.497 e. The van der Waals surface area contributed by atoms with Crippen molar-refractivity contribution >= 4 is 11.9 Å². The van der Waals surface area contributed by atoms with Crippen molar-refractivity contribution in [2.75, 3.05) is 19.0 Å². The molecule has 2 rings (SSSR count). The van der Waals surface area contributed by atoms with Gasteiger partial charge < -0.3 is 15.4 Å². The maximum atomic E-state index is 12.2. The molecule has 2 N–H and O–H groups in total.